The topological polar surface area (TPSA) is 64.3 Å². The van der Waals surface area contributed by atoms with Crippen LogP contribution in [0.2, 0.25) is 0 Å². The highest BCUT2D eigenvalue weighted by Gasteiger charge is 2.40. The average Bonchev–Trinajstić information content (AvgIpc) is 3.18. The van der Waals surface area contributed by atoms with E-state index in [4.69, 9.17) is 10.5 Å². The van der Waals surface area contributed by atoms with Crippen molar-refractivity contribution in [2.24, 2.45) is 11.1 Å². The fourth-order valence-electron chi connectivity index (χ4n) is 2.55. The molecule has 0 spiro atoms. The summed E-state index contributed by atoms with van der Waals surface area (Å²) in [6.45, 7) is 4.17. The molecule has 1 aromatic rings. The Kier molecular flexibility index (Phi) is 5.01. The normalized spacial score (nSPS) is 15.8. The summed E-state index contributed by atoms with van der Waals surface area (Å²) in [5.41, 5.74) is 6.84. The number of hydrogen-bond donors (Lipinski definition) is 2. The smallest absolute Gasteiger partial charge is 0.255 e. The molecule has 1 saturated carbocycles. The van der Waals surface area contributed by atoms with Gasteiger partial charge < -0.3 is 15.8 Å². The van der Waals surface area contributed by atoms with Crippen molar-refractivity contribution in [3.05, 3.63) is 29.8 Å². The fraction of sp³-hybridized carbons (Fsp3) is 0.562. The largest absolute Gasteiger partial charge is 0.484 e. The van der Waals surface area contributed by atoms with Gasteiger partial charge >= 0.3 is 0 Å². The fourth-order valence-corrected chi connectivity index (χ4v) is 2.55. The summed E-state index contributed by atoms with van der Waals surface area (Å²) in [5, 5.41) is 3.54. The molecule has 4 nitrogen and oxygen atoms in total. The van der Waals surface area contributed by atoms with Gasteiger partial charge in [0.15, 0.2) is 6.61 Å². The van der Waals surface area contributed by atoms with Crippen LogP contribution in [-0.2, 0) is 11.3 Å². The van der Waals surface area contributed by atoms with E-state index >= 15 is 0 Å². The number of amides is 1. The van der Waals surface area contributed by atoms with Gasteiger partial charge in [0.05, 0.1) is 0 Å². The predicted molar refractivity (Wildman–Crippen MR) is 79.4 cm³/mol. The molecule has 1 aliphatic carbocycles. The van der Waals surface area contributed by atoms with Gasteiger partial charge in [-0.3, -0.25) is 4.79 Å². The molecule has 0 aliphatic heterocycles. The van der Waals surface area contributed by atoms with Gasteiger partial charge in [-0.25, -0.2) is 0 Å². The monoisotopic (exact) mass is 276 g/mol. The minimum atomic E-state index is -0.457. The molecule has 110 valence electrons. The van der Waals surface area contributed by atoms with Gasteiger partial charge in [0.25, 0.3) is 5.91 Å². The molecule has 1 aromatic carbocycles. The van der Waals surface area contributed by atoms with Crippen molar-refractivity contribution in [1.29, 1.82) is 0 Å². The maximum atomic E-state index is 10.6. The van der Waals surface area contributed by atoms with E-state index in [0.29, 0.717) is 11.2 Å². The zero-order valence-electron chi connectivity index (χ0n) is 12.2. The van der Waals surface area contributed by atoms with Crippen LogP contribution >= 0.6 is 0 Å². The second-order valence-electron chi connectivity index (χ2n) is 5.75. The van der Waals surface area contributed by atoms with Gasteiger partial charge in [0.1, 0.15) is 5.75 Å². The second-order valence-corrected chi connectivity index (χ2v) is 5.75. The molecule has 2 rings (SSSR count). The Bertz CT molecular complexity index is 438. The lowest BCUT2D eigenvalue weighted by Gasteiger charge is -2.15. The zero-order chi connectivity index (χ0) is 14.4. The summed E-state index contributed by atoms with van der Waals surface area (Å²) in [6, 6.07) is 7.78. The van der Waals surface area contributed by atoms with Crippen molar-refractivity contribution in [3.63, 3.8) is 0 Å². The molecular formula is C16H24N2O2. The number of carbonyl (C=O) groups is 1. The summed E-state index contributed by atoms with van der Waals surface area (Å²) >= 11 is 0. The van der Waals surface area contributed by atoms with Crippen molar-refractivity contribution < 1.29 is 9.53 Å². The average molecular weight is 276 g/mol. The van der Waals surface area contributed by atoms with E-state index in [9.17, 15) is 4.79 Å². The summed E-state index contributed by atoms with van der Waals surface area (Å²) in [7, 11) is 0. The Morgan fingerprint density at radius 1 is 1.35 bits per heavy atom. The Morgan fingerprint density at radius 3 is 2.60 bits per heavy atom. The highest BCUT2D eigenvalue weighted by atomic mass is 16.5. The lowest BCUT2D eigenvalue weighted by atomic mass is 10.0. The first-order valence-corrected chi connectivity index (χ1v) is 7.34. The lowest BCUT2D eigenvalue weighted by molar-refractivity contribution is -0.119. The molecule has 0 saturated heterocycles. The molecule has 0 bridgehead atoms. The van der Waals surface area contributed by atoms with Crippen LogP contribution in [0.5, 0.6) is 5.75 Å². The number of carbonyl (C=O) groups excluding carboxylic acids is 1. The summed E-state index contributed by atoms with van der Waals surface area (Å²) in [5.74, 6) is 0.221. The van der Waals surface area contributed by atoms with Crippen LogP contribution in [0.25, 0.3) is 0 Å². The van der Waals surface area contributed by atoms with E-state index in [1.165, 1.54) is 31.2 Å². The number of nitrogens with one attached hydrogen (secondary N) is 1. The summed E-state index contributed by atoms with van der Waals surface area (Å²) in [6.07, 6.45) is 5.34. The third-order valence-electron chi connectivity index (χ3n) is 3.87. The molecule has 1 amide bonds. The standard InChI is InChI=1S/C16H24N2O2/c1-2-7-16(8-9-16)12-18-10-13-3-5-14(6-4-13)20-11-15(17)19/h3-6,18H,2,7-12H2,1H3,(H2,17,19). The quantitative estimate of drug-likeness (QED) is 0.727. The molecule has 1 fully saturated rings. The van der Waals surface area contributed by atoms with E-state index in [-0.39, 0.29) is 6.61 Å². The van der Waals surface area contributed by atoms with Gasteiger partial charge in [0, 0.05) is 13.1 Å². The summed E-state index contributed by atoms with van der Waals surface area (Å²) in [4.78, 5) is 10.6. The van der Waals surface area contributed by atoms with Crippen LogP contribution in [0.3, 0.4) is 0 Å². The van der Waals surface area contributed by atoms with Gasteiger partial charge in [-0.05, 0) is 42.4 Å². The molecule has 4 heteroatoms. The van der Waals surface area contributed by atoms with Crippen molar-refractivity contribution in [2.75, 3.05) is 13.2 Å². The molecule has 0 aromatic heterocycles. The molecular weight excluding hydrogens is 252 g/mol. The van der Waals surface area contributed by atoms with Crippen LogP contribution in [0, 0.1) is 5.41 Å². The third-order valence-corrected chi connectivity index (χ3v) is 3.87. The van der Waals surface area contributed by atoms with Gasteiger partial charge in [-0.2, -0.15) is 0 Å². The minimum absolute atomic E-state index is 0.0723. The van der Waals surface area contributed by atoms with Gasteiger partial charge in [0.2, 0.25) is 0 Å². The first-order valence-electron chi connectivity index (χ1n) is 7.34. The SMILES string of the molecule is CCCC1(CNCc2ccc(OCC(N)=O)cc2)CC1. The highest BCUT2D eigenvalue weighted by Crippen LogP contribution is 2.48. The maximum absolute atomic E-state index is 10.6. The Labute approximate surface area is 120 Å². The third kappa shape index (κ3) is 4.53. The van der Waals surface area contributed by atoms with Crippen molar-refractivity contribution >= 4 is 5.91 Å². The van der Waals surface area contributed by atoms with Crippen molar-refractivity contribution in [2.45, 2.75) is 39.2 Å². The predicted octanol–water partition coefficient (Wildman–Crippen LogP) is 2.22. The summed E-state index contributed by atoms with van der Waals surface area (Å²) < 4.78 is 5.23. The Hall–Kier alpha value is -1.55. The number of primary amides is 1. The van der Waals surface area contributed by atoms with Crippen molar-refractivity contribution in [1.82, 2.24) is 5.32 Å². The van der Waals surface area contributed by atoms with E-state index in [1.54, 1.807) is 0 Å². The van der Waals surface area contributed by atoms with Crippen LogP contribution in [-0.4, -0.2) is 19.1 Å². The molecule has 0 unspecified atom stereocenters. The highest BCUT2D eigenvalue weighted by molar-refractivity contribution is 5.75. The molecule has 3 N–H and O–H groups in total. The van der Waals surface area contributed by atoms with E-state index in [2.05, 4.69) is 12.2 Å². The molecule has 0 atom stereocenters. The second kappa shape index (κ2) is 6.75. The lowest BCUT2D eigenvalue weighted by Crippen LogP contribution is -2.23. The Morgan fingerprint density at radius 2 is 2.05 bits per heavy atom. The Balaban J connectivity index is 1.72. The number of rotatable bonds is 9. The number of hydrogen-bond acceptors (Lipinski definition) is 3. The van der Waals surface area contributed by atoms with Gasteiger partial charge in [-0.15, -0.1) is 0 Å². The molecule has 0 heterocycles. The molecule has 20 heavy (non-hydrogen) atoms. The van der Waals surface area contributed by atoms with E-state index < -0.39 is 5.91 Å². The van der Waals surface area contributed by atoms with Crippen LogP contribution < -0.4 is 15.8 Å². The van der Waals surface area contributed by atoms with Gasteiger partial charge in [-0.1, -0.05) is 25.5 Å². The van der Waals surface area contributed by atoms with Crippen LogP contribution in [0.15, 0.2) is 24.3 Å². The molecule has 0 radical (unpaired) electrons. The van der Waals surface area contributed by atoms with Crippen LogP contribution in [0.4, 0.5) is 0 Å². The maximum Gasteiger partial charge on any atom is 0.255 e. The molecule has 1 aliphatic rings. The first-order chi connectivity index (χ1) is 9.63. The zero-order valence-corrected chi connectivity index (χ0v) is 12.2. The van der Waals surface area contributed by atoms with E-state index in [1.807, 2.05) is 24.3 Å². The number of benzene rings is 1. The van der Waals surface area contributed by atoms with E-state index in [0.717, 1.165) is 13.1 Å². The van der Waals surface area contributed by atoms with Crippen LogP contribution in [0.1, 0.15) is 38.2 Å². The van der Waals surface area contributed by atoms with Crippen molar-refractivity contribution in [3.8, 4) is 5.75 Å². The minimum Gasteiger partial charge on any atom is -0.484 e. The first kappa shape index (κ1) is 14.9. The number of nitrogens with two attached hydrogens (primary N) is 1. The number of ether oxygens (including phenoxy) is 1.